The highest BCUT2D eigenvalue weighted by molar-refractivity contribution is 5.84. The van der Waals surface area contributed by atoms with Crippen LogP contribution in [0, 0.1) is 0 Å². The molecule has 6 nitrogen and oxygen atoms in total. The smallest absolute Gasteiger partial charge is 0.326 e. The van der Waals surface area contributed by atoms with Crippen molar-refractivity contribution in [2.75, 3.05) is 0 Å². The number of carbonyl (C=O) groups excluding carboxylic acids is 1. The first-order chi connectivity index (χ1) is 13.6. The Balaban J connectivity index is 1.61. The van der Waals surface area contributed by atoms with Crippen LogP contribution in [0.1, 0.15) is 32.0 Å². The Morgan fingerprint density at radius 1 is 1.14 bits per heavy atom. The van der Waals surface area contributed by atoms with Gasteiger partial charge in [-0.1, -0.05) is 30.3 Å². The van der Waals surface area contributed by atoms with E-state index in [2.05, 4.69) is 4.57 Å². The number of hydrogen-bond acceptors (Lipinski definition) is 3. The SMILES string of the molecule is CC(C(=O)O)N(C(=O)CCc1nc2ccccc2n1-c1ccccc1)C1CC1. The molecule has 1 heterocycles. The van der Waals surface area contributed by atoms with Crippen molar-refractivity contribution in [3.63, 3.8) is 0 Å². The van der Waals surface area contributed by atoms with E-state index in [9.17, 15) is 14.7 Å². The molecule has 1 aromatic heterocycles. The van der Waals surface area contributed by atoms with Crippen LogP contribution in [0.3, 0.4) is 0 Å². The summed E-state index contributed by atoms with van der Waals surface area (Å²) >= 11 is 0. The Kier molecular flexibility index (Phi) is 4.86. The number of para-hydroxylation sites is 3. The number of hydrogen-bond donors (Lipinski definition) is 1. The van der Waals surface area contributed by atoms with Crippen LogP contribution in [0.4, 0.5) is 0 Å². The summed E-state index contributed by atoms with van der Waals surface area (Å²) < 4.78 is 2.07. The fraction of sp³-hybridized carbons (Fsp3) is 0.318. The van der Waals surface area contributed by atoms with Crippen molar-refractivity contribution >= 4 is 22.9 Å². The lowest BCUT2D eigenvalue weighted by atomic mass is 10.2. The van der Waals surface area contributed by atoms with E-state index in [-0.39, 0.29) is 18.4 Å². The second-order valence-electron chi connectivity index (χ2n) is 7.23. The molecule has 0 saturated heterocycles. The summed E-state index contributed by atoms with van der Waals surface area (Å²) in [7, 11) is 0. The number of carboxylic acids is 1. The second kappa shape index (κ2) is 7.46. The summed E-state index contributed by atoms with van der Waals surface area (Å²) in [5, 5.41) is 9.34. The maximum Gasteiger partial charge on any atom is 0.326 e. The molecule has 1 aliphatic rings. The van der Waals surface area contributed by atoms with Gasteiger partial charge in [0.25, 0.3) is 0 Å². The fourth-order valence-electron chi connectivity index (χ4n) is 3.66. The van der Waals surface area contributed by atoms with Gasteiger partial charge in [0.1, 0.15) is 11.9 Å². The van der Waals surface area contributed by atoms with Crippen molar-refractivity contribution in [1.82, 2.24) is 14.5 Å². The Bertz CT molecular complexity index is 1010. The third-order valence-corrected chi connectivity index (χ3v) is 5.21. The van der Waals surface area contributed by atoms with E-state index < -0.39 is 12.0 Å². The number of benzene rings is 2. The molecule has 0 radical (unpaired) electrons. The number of aryl methyl sites for hydroxylation is 1. The summed E-state index contributed by atoms with van der Waals surface area (Å²) in [6.45, 7) is 1.58. The standard InChI is InChI=1S/C22H23N3O3/c1-15(22(27)28)24(17-11-12-17)21(26)14-13-20-23-18-9-5-6-10-19(18)25(20)16-7-3-2-4-8-16/h2-10,15,17H,11-14H2,1H3,(H,27,28). The monoisotopic (exact) mass is 377 g/mol. The van der Waals surface area contributed by atoms with Gasteiger partial charge in [-0.25, -0.2) is 9.78 Å². The van der Waals surface area contributed by atoms with Gasteiger partial charge >= 0.3 is 5.97 Å². The number of fused-ring (bicyclic) bond motifs is 1. The molecule has 1 fully saturated rings. The number of nitrogens with zero attached hydrogens (tertiary/aromatic N) is 3. The molecular weight excluding hydrogens is 354 g/mol. The predicted molar refractivity (Wildman–Crippen MR) is 106 cm³/mol. The van der Waals surface area contributed by atoms with E-state index >= 15 is 0 Å². The van der Waals surface area contributed by atoms with Gasteiger partial charge in [0, 0.05) is 24.6 Å². The number of aliphatic carboxylic acids is 1. The van der Waals surface area contributed by atoms with Gasteiger partial charge in [-0.3, -0.25) is 9.36 Å². The maximum atomic E-state index is 12.8. The number of rotatable bonds is 7. The Morgan fingerprint density at radius 3 is 2.50 bits per heavy atom. The van der Waals surface area contributed by atoms with Crippen LogP contribution in [0.2, 0.25) is 0 Å². The minimum atomic E-state index is -0.961. The number of aromatic nitrogens is 2. The molecule has 1 aliphatic carbocycles. The van der Waals surface area contributed by atoms with Crippen molar-refractivity contribution in [1.29, 1.82) is 0 Å². The topological polar surface area (TPSA) is 75.4 Å². The molecule has 6 heteroatoms. The maximum absolute atomic E-state index is 12.8. The molecule has 4 rings (SSSR count). The summed E-state index contributed by atoms with van der Waals surface area (Å²) in [6, 6.07) is 17.1. The van der Waals surface area contributed by atoms with Gasteiger partial charge in [0.2, 0.25) is 5.91 Å². The third kappa shape index (κ3) is 3.50. The predicted octanol–water partition coefficient (Wildman–Crippen LogP) is 3.42. The summed E-state index contributed by atoms with van der Waals surface area (Å²) in [4.78, 5) is 30.5. The second-order valence-corrected chi connectivity index (χ2v) is 7.23. The van der Waals surface area contributed by atoms with E-state index in [1.54, 1.807) is 6.92 Å². The molecule has 144 valence electrons. The van der Waals surface area contributed by atoms with Gasteiger partial charge in [-0.2, -0.15) is 0 Å². The third-order valence-electron chi connectivity index (χ3n) is 5.21. The molecule has 1 N–H and O–H groups in total. The molecule has 0 bridgehead atoms. The zero-order chi connectivity index (χ0) is 19.7. The van der Waals surface area contributed by atoms with E-state index in [4.69, 9.17) is 4.98 Å². The molecular formula is C22H23N3O3. The molecule has 1 unspecified atom stereocenters. The van der Waals surface area contributed by atoms with Crippen LogP contribution < -0.4 is 0 Å². The number of carbonyl (C=O) groups is 2. The van der Waals surface area contributed by atoms with Crippen LogP contribution in [0.5, 0.6) is 0 Å². The van der Waals surface area contributed by atoms with E-state index in [0.717, 1.165) is 35.4 Å². The molecule has 2 aromatic carbocycles. The van der Waals surface area contributed by atoms with Gasteiger partial charge in [-0.15, -0.1) is 0 Å². The molecule has 3 aromatic rings. The van der Waals surface area contributed by atoms with Crippen LogP contribution in [0.25, 0.3) is 16.7 Å². The first-order valence-corrected chi connectivity index (χ1v) is 9.62. The minimum absolute atomic E-state index is 0.0616. The molecule has 1 atom stereocenters. The quantitative estimate of drug-likeness (QED) is 0.685. The van der Waals surface area contributed by atoms with E-state index in [0.29, 0.717) is 6.42 Å². The average molecular weight is 377 g/mol. The Hall–Kier alpha value is -3.15. The lowest BCUT2D eigenvalue weighted by molar-refractivity contribution is -0.150. The highest BCUT2D eigenvalue weighted by Crippen LogP contribution is 2.30. The lowest BCUT2D eigenvalue weighted by Crippen LogP contribution is -2.44. The minimum Gasteiger partial charge on any atom is -0.480 e. The van der Waals surface area contributed by atoms with Crippen molar-refractivity contribution < 1.29 is 14.7 Å². The van der Waals surface area contributed by atoms with E-state index in [1.165, 1.54) is 4.90 Å². The van der Waals surface area contributed by atoms with Gasteiger partial charge < -0.3 is 10.0 Å². The Morgan fingerprint density at radius 2 is 1.82 bits per heavy atom. The van der Waals surface area contributed by atoms with Crippen molar-refractivity contribution in [3.8, 4) is 5.69 Å². The summed E-state index contributed by atoms with van der Waals surface area (Å²) in [5.41, 5.74) is 2.87. The molecule has 1 saturated carbocycles. The van der Waals surface area contributed by atoms with Crippen molar-refractivity contribution in [2.45, 2.75) is 44.7 Å². The molecule has 0 aliphatic heterocycles. The zero-order valence-electron chi connectivity index (χ0n) is 15.8. The van der Waals surface area contributed by atoms with Gasteiger partial charge in [0.15, 0.2) is 0 Å². The first-order valence-electron chi connectivity index (χ1n) is 9.62. The van der Waals surface area contributed by atoms with Crippen molar-refractivity contribution in [3.05, 3.63) is 60.4 Å². The van der Waals surface area contributed by atoms with Gasteiger partial charge in [-0.05, 0) is 44.0 Å². The van der Waals surface area contributed by atoms with Crippen LogP contribution >= 0.6 is 0 Å². The van der Waals surface area contributed by atoms with Crippen molar-refractivity contribution in [2.24, 2.45) is 0 Å². The molecule has 0 spiro atoms. The summed E-state index contributed by atoms with van der Waals surface area (Å²) in [5.74, 6) is -0.277. The largest absolute Gasteiger partial charge is 0.480 e. The molecule has 1 amide bonds. The number of carboxylic acid groups (broad SMARTS) is 1. The first kappa shape index (κ1) is 18.2. The average Bonchev–Trinajstić information content (AvgIpc) is 3.46. The normalized spacial score (nSPS) is 14.8. The van der Waals surface area contributed by atoms with Crippen LogP contribution in [-0.2, 0) is 16.0 Å². The van der Waals surface area contributed by atoms with Crippen LogP contribution in [-0.4, -0.2) is 43.5 Å². The number of imidazole rings is 1. The zero-order valence-corrected chi connectivity index (χ0v) is 15.8. The van der Waals surface area contributed by atoms with Crippen LogP contribution in [0.15, 0.2) is 54.6 Å². The fourth-order valence-corrected chi connectivity index (χ4v) is 3.66. The lowest BCUT2D eigenvalue weighted by Gasteiger charge is -2.26. The number of amides is 1. The molecule has 28 heavy (non-hydrogen) atoms. The highest BCUT2D eigenvalue weighted by Gasteiger charge is 2.38. The highest BCUT2D eigenvalue weighted by atomic mass is 16.4. The van der Waals surface area contributed by atoms with E-state index in [1.807, 2.05) is 54.6 Å². The Labute approximate surface area is 163 Å². The van der Waals surface area contributed by atoms with Gasteiger partial charge in [0.05, 0.1) is 11.0 Å². The summed E-state index contributed by atoms with van der Waals surface area (Å²) in [6.07, 6.45) is 2.46.